The summed E-state index contributed by atoms with van der Waals surface area (Å²) < 4.78 is 20.4. The van der Waals surface area contributed by atoms with Gasteiger partial charge in [-0.25, -0.2) is 4.99 Å². The molecule has 5 aromatic rings. The largest absolute Gasteiger partial charge is 0.494 e. The number of para-hydroxylation sites is 1. The molecule has 0 saturated carbocycles. The molecule has 0 spiro atoms. The summed E-state index contributed by atoms with van der Waals surface area (Å²) in [7, 11) is 1.58. The molecule has 1 atom stereocenters. The molecular formula is C37H31ClIN3O5S. The molecule has 4 aromatic carbocycles. The Kier molecular flexibility index (Phi) is 10.3. The van der Waals surface area contributed by atoms with E-state index in [1.807, 2.05) is 104 Å². The number of allylic oxidation sites excluding steroid dienone is 1. The summed E-state index contributed by atoms with van der Waals surface area (Å²) in [6.07, 6.45) is 1.81. The average Bonchev–Trinajstić information content (AvgIpc) is 3.37. The van der Waals surface area contributed by atoms with Crippen LogP contribution in [0.1, 0.15) is 36.6 Å². The number of nitrogens with one attached hydrogen (secondary N) is 1. The molecule has 6 rings (SSSR count). The number of amides is 1. The number of halogens is 2. The Morgan fingerprint density at radius 1 is 1.04 bits per heavy atom. The van der Waals surface area contributed by atoms with Gasteiger partial charge >= 0.3 is 0 Å². The van der Waals surface area contributed by atoms with Gasteiger partial charge in [0.15, 0.2) is 16.3 Å². The van der Waals surface area contributed by atoms with Crippen LogP contribution >= 0.6 is 45.5 Å². The average molecular weight is 792 g/mol. The number of hydrogen-bond donors (Lipinski definition) is 1. The van der Waals surface area contributed by atoms with E-state index in [9.17, 15) is 9.59 Å². The monoisotopic (exact) mass is 791 g/mol. The van der Waals surface area contributed by atoms with Crippen LogP contribution in [-0.2, 0) is 11.4 Å². The summed E-state index contributed by atoms with van der Waals surface area (Å²) in [6, 6.07) is 27.2. The molecule has 11 heteroatoms. The molecule has 0 bridgehead atoms. The number of carbonyl (C=O) groups excluding carboxylic acids is 1. The zero-order valence-corrected chi connectivity index (χ0v) is 30.1. The first-order chi connectivity index (χ1) is 23.2. The van der Waals surface area contributed by atoms with Crippen molar-refractivity contribution in [2.75, 3.05) is 19.0 Å². The van der Waals surface area contributed by atoms with Crippen molar-refractivity contribution in [2.45, 2.75) is 26.5 Å². The summed E-state index contributed by atoms with van der Waals surface area (Å²) in [6.45, 7) is 4.56. The van der Waals surface area contributed by atoms with E-state index < -0.39 is 6.04 Å². The second-order valence-corrected chi connectivity index (χ2v) is 13.5. The summed E-state index contributed by atoms with van der Waals surface area (Å²) in [4.78, 5) is 33.3. The lowest BCUT2D eigenvalue weighted by molar-refractivity contribution is -0.113. The number of hydrogen-bond acceptors (Lipinski definition) is 7. The third kappa shape index (κ3) is 7.20. The minimum atomic E-state index is -0.709. The van der Waals surface area contributed by atoms with Crippen LogP contribution in [0.15, 0.2) is 112 Å². The third-order valence-corrected chi connectivity index (χ3v) is 9.65. The van der Waals surface area contributed by atoms with Crippen molar-refractivity contribution in [3.05, 3.63) is 147 Å². The van der Waals surface area contributed by atoms with Gasteiger partial charge in [0.1, 0.15) is 12.4 Å². The van der Waals surface area contributed by atoms with Gasteiger partial charge in [-0.2, -0.15) is 0 Å². The Hall–Kier alpha value is -4.39. The van der Waals surface area contributed by atoms with Crippen LogP contribution in [-0.4, -0.2) is 24.2 Å². The second-order valence-electron chi connectivity index (χ2n) is 10.9. The number of methoxy groups -OCH3 is 1. The van der Waals surface area contributed by atoms with E-state index in [1.54, 1.807) is 18.6 Å². The van der Waals surface area contributed by atoms with Crippen LogP contribution in [0.3, 0.4) is 0 Å². The van der Waals surface area contributed by atoms with E-state index in [-0.39, 0.29) is 11.5 Å². The summed E-state index contributed by atoms with van der Waals surface area (Å²) in [5.41, 5.74) is 3.76. The lowest BCUT2D eigenvalue weighted by Crippen LogP contribution is -2.40. The van der Waals surface area contributed by atoms with Gasteiger partial charge in [-0.3, -0.25) is 14.2 Å². The standard InChI is InChI=1S/C37H31ClIN3O5S/c1-4-46-28-15-13-25(14-16-28)33-32(35(43)41-27-11-6-5-7-12-27)22(2)40-37-42(33)36(44)31(48-37)20-24-18-29(39)34(30(19-24)45-3)47-21-23-9-8-10-26(38)17-23/h5-20,33H,4,21H2,1-3H3,(H,41,43)/b31-20-/t33-/m0/s1. The first-order valence-electron chi connectivity index (χ1n) is 15.1. The van der Waals surface area contributed by atoms with E-state index in [0.29, 0.717) is 61.8 Å². The maximum Gasteiger partial charge on any atom is 0.271 e. The normalized spacial score (nSPS) is 14.3. The number of ether oxygens (including phenoxy) is 3. The van der Waals surface area contributed by atoms with E-state index in [2.05, 4.69) is 27.9 Å². The number of nitrogens with zero attached hydrogens (tertiary/aromatic N) is 2. The quantitative estimate of drug-likeness (QED) is 0.152. The maximum atomic E-state index is 14.2. The first-order valence-corrected chi connectivity index (χ1v) is 17.4. The van der Waals surface area contributed by atoms with Crippen LogP contribution in [0.5, 0.6) is 17.2 Å². The highest BCUT2D eigenvalue weighted by Gasteiger charge is 2.32. The number of aromatic nitrogens is 1. The SMILES string of the molecule is CCOc1ccc([C@H]2C(C(=O)Nc3ccccc3)=C(C)N=c3s/c(=C\c4cc(I)c(OCc5cccc(Cl)c5)c(OC)c4)c(=O)n32)cc1. The number of anilines is 1. The number of fused-ring (bicyclic) bond motifs is 1. The Balaban J connectivity index is 1.40. The van der Waals surface area contributed by atoms with Crippen molar-refractivity contribution >= 4 is 63.2 Å². The van der Waals surface area contributed by atoms with Gasteiger partial charge < -0.3 is 19.5 Å². The molecule has 0 unspecified atom stereocenters. The van der Waals surface area contributed by atoms with Crippen LogP contribution in [0.25, 0.3) is 6.08 Å². The molecule has 1 N–H and O–H groups in total. The zero-order chi connectivity index (χ0) is 33.8. The second kappa shape index (κ2) is 14.8. The molecule has 0 radical (unpaired) electrons. The van der Waals surface area contributed by atoms with Crippen molar-refractivity contribution in [3.63, 3.8) is 0 Å². The summed E-state index contributed by atoms with van der Waals surface area (Å²) >= 11 is 9.62. The highest BCUT2D eigenvalue weighted by Crippen LogP contribution is 2.35. The summed E-state index contributed by atoms with van der Waals surface area (Å²) in [5, 5.41) is 3.62. The molecule has 0 aliphatic carbocycles. The van der Waals surface area contributed by atoms with E-state index in [0.717, 1.165) is 20.3 Å². The molecule has 0 fully saturated rings. The fraction of sp³-hybridized carbons (Fsp3) is 0.162. The van der Waals surface area contributed by atoms with Gasteiger partial charge in [-0.1, -0.05) is 65.4 Å². The first kappa shape index (κ1) is 33.5. The molecule has 2 heterocycles. The van der Waals surface area contributed by atoms with Crippen LogP contribution < -0.4 is 34.4 Å². The number of benzene rings is 4. The van der Waals surface area contributed by atoms with Gasteiger partial charge in [0, 0.05) is 10.7 Å². The molecule has 0 saturated heterocycles. The van der Waals surface area contributed by atoms with Crippen molar-refractivity contribution in [1.29, 1.82) is 0 Å². The molecule has 244 valence electrons. The Morgan fingerprint density at radius 2 is 1.81 bits per heavy atom. The van der Waals surface area contributed by atoms with Gasteiger partial charge in [-0.15, -0.1) is 0 Å². The van der Waals surface area contributed by atoms with Crippen LogP contribution in [0, 0.1) is 3.57 Å². The lowest BCUT2D eigenvalue weighted by atomic mass is 9.95. The predicted molar refractivity (Wildman–Crippen MR) is 198 cm³/mol. The molecule has 1 amide bonds. The summed E-state index contributed by atoms with van der Waals surface area (Å²) in [5.74, 6) is 1.50. The van der Waals surface area contributed by atoms with Gasteiger partial charge in [0.2, 0.25) is 0 Å². The van der Waals surface area contributed by atoms with Crippen LogP contribution in [0.4, 0.5) is 5.69 Å². The predicted octanol–water partition coefficient (Wildman–Crippen LogP) is 7.12. The molecule has 1 aliphatic heterocycles. The highest BCUT2D eigenvalue weighted by atomic mass is 127. The minimum absolute atomic E-state index is 0.259. The number of rotatable bonds is 10. The molecule has 8 nitrogen and oxygen atoms in total. The fourth-order valence-electron chi connectivity index (χ4n) is 5.46. The Morgan fingerprint density at radius 3 is 2.52 bits per heavy atom. The topological polar surface area (TPSA) is 91.2 Å². The van der Waals surface area contributed by atoms with Gasteiger partial charge in [-0.05, 0) is 108 Å². The van der Waals surface area contributed by atoms with E-state index >= 15 is 0 Å². The van der Waals surface area contributed by atoms with E-state index in [1.165, 1.54) is 11.3 Å². The zero-order valence-electron chi connectivity index (χ0n) is 26.3. The van der Waals surface area contributed by atoms with Crippen LogP contribution in [0.2, 0.25) is 5.02 Å². The minimum Gasteiger partial charge on any atom is -0.494 e. The molecule has 1 aliphatic rings. The van der Waals surface area contributed by atoms with Crippen molar-refractivity contribution in [3.8, 4) is 17.2 Å². The third-order valence-electron chi connectivity index (χ3n) is 7.63. The molecule has 1 aromatic heterocycles. The Labute approximate surface area is 300 Å². The van der Waals surface area contributed by atoms with Crippen molar-refractivity contribution in [2.24, 2.45) is 4.99 Å². The van der Waals surface area contributed by atoms with Gasteiger partial charge in [0.25, 0.3) is 11.5 Å². The maximum absolute atomic E-state index is 14.2. The highest BCUT2D eigenvalue weighted by molar-refractivity contribution is 14.1. The molecular weight excluding hydrogens is 761 g/mol. The van der Waals surface area contributed by atoms with E-state index in [4.69, 9.17) is 30.8 Å². The fourth-order valence-corrected chi connectivity index (χ4v) is 7.50. The van der Waals surface area contributed by atoms with Crippen molar-refractivity contribution < 1.29 is 19.0 Å². The molecule has 48 heavy (non-hydrogen) atoms. The smallest absolute Gasteiger partial charge is 0.271 e. The number of carbonyl (C=O) groups is 1. The number of thiazole rings is 1. The van der Waals surface area contributed by atoms with Crippen molar-refractivity contribution in [1.82, 2.24) is 4.57 Å². The Bertz CT molecular complexity index is 2200. The van der Waals surface area contributed by atoms with Gasteiger partial charge in [0.05, 0.1) is 39.1 Å². The lowest BCUT2D eigenvalue weighted by Gasteiger charge is -2.25.